The van der Waals surface area contributed by atoms with Crippen LogP contribution in [0.4, 0.5) is 0 Å². The van der Waals surface area contributed by atoms with Crippen molar-refractivity contribution in [2.45, 2.75) is 38.5 Å². The van der Waals surface area contributed by atoms with E-state index in [-0.39, 0.29) is 5.91 Å². The maximum Gasteiger partial charge on any atom is 0.253 e. The molecular weight excluding hydrogens is 248 g/mol. The normalized spacial score (nSPS) is 20.9. The molecule has 1 amide bonds. The smallest absolute Gasteiger partial charge is 0.253 e. The minimum atomic E-state index is 0.113. The van der Waals surface area contributed by atoms with Crippen LogP contribution in [0.3, 0.4) is 0 Å². The lowest BCUT2D eigenvalue weighted by Gasteiger charge is -2.39. The molecule has 1 aliphatic heterocycles. The number of likely N-dealkylation sites (tertiary alicyclic amines) is 1. The monoisotopic (exact) mass is 268 g/mol. The van der Waals surface area contributed by atoms with Crippen LogP contribution in [0.1, 0.15) is 54.4 Å². The molecule has 1 saturated heterocycles. The molecule has 1 aromatic rings. The summed E-state index contributed by atoms with van der Waals surface area (Å²) in [6.07, 6.45) is 7.76. The van der Waals surface area contributed by atoms with Gasteiger partial charge in [-0.05, 0) is 55.4 Å². The van der Waals surface area contributed by atoms with Crippen LogP contribution in [0.25, 0.3) is 0 Å². The van der Waals surface area contributed by atoms with Gasteiger partial charge in [-0.2, -0.15) is 5.26 Å². The summed E-state index contributed by atoms with van der Waals surface area (Å²) in [6, 6.07) is 9.05. The Morgan fingerprint density at radius 2 is 1.65 bits per heavy atom. The molecule has 1 spiro atoms. The molecule has 1 saturated carbocycles. The van der Waals surface area contributed by atoms with Gasteiger partial charge in [0.15, 0.2) is 0 Å². The van der Waals surface area contributed by atoms with E-state index in [1.54, 1.807) is 24.3 Å². The van der Waals surface area contributed by atoms with Crippen LogP contribution in [0, 0.1) is 16.7 Å². The maximum absolute atomic E-state index is 12.4. The molecule has 1 aromatic carbocycles. The van der Waals surface area contributed by atoms with Crippen LogP contribution < -0.4 is 0 Å². The van der Waals surface area contributed by atoms with Crippen molar-refractivity contribution in [1.82, 2.24) is 4.90 Å². The Balaban J connectivity index is 1.65. The van der Waals surface area contributed by atoms with Gasteiger partial charge in [-0.3, -0.25) is 4.79 Å². The number of nitrogens with zero attached hydrogens (tertiary/aromatic N) is 2. The molecule has 1 aliphatic carbocycles. The topological polar surface area (TPSA) is 44.1 Å². The van der Waals surface area contributed by atoms with Crippen LogP contribution in [0.15, 0.2) is 24.3 Å². The van der Waals surface area contributed by atoms with Gasteiger partial charge in [-0.15, -0.1) is 0 Å². The van der Waals surface area contributed by atoms with E-state index in [9.17, 15) is 4.79 Å². The maximum atomic E-state index is 12.4. The van der Waals surface area contributed by atoms with E-state index in [1.165, 1.54) is 25.7 Å². The highest BCUT2D eigenvalue weighted by Crippen LogP contribution is 2.46. The highest BCUT2D eigenvalue weighted by molar-refractivity contribution is 5.94. The average molecular weight is 268 g/mol. The molecule has 0 N–H and O–H groups in total. The van der Waals surface area contributed by atoms with Gasteiger partial charge in [-0.25, -0.2) is 0 Å². The summed E-state index contributed by atoms with van der Waals surface area (Å²) in [7, 11) is 0. The predicted molar refractivity (Wildman–Crippen MR) is 77.2 cm³/mol. The Kier molecular flexibility index (Phi) is 3.48. The first kappa shape index (κ1) is 13.2. The first-order valence-electron chi connectivity index (χ1n) is 7.52. The summed E-state index contributed by atoms with van der Waals surface area (Å²) in [5, 5.41) is 8.79. The van der Waals surface area contributed by atoms with E-state index in [2.05, 4.69) is 6.07 Å². The lowest BCUT2D eigenvalue weighted by molar-refractivity contribution is 0.0587. The Morgan fingerprint density at radius 3 is 2.20 bits per heavy atom. The van der Waals surface area contributed by atoms with Gasteiger partial charge in [0.2, 0.25) is 0 Å². The van der Waals surface area contributed by atoms with Crippen molar-refractivity contribution in [3.8, 4) is 6.07 Å². The molecule has 2 aliphatic rings. The Labute approximate surface area is 120 Å². The third-order valence-electron chi connectivity index (χ3n) is 5.04. The van der Waals surface area contributed by atoms with Crippen LogP contribution in [-0.4, -0.2) is 23.9 Å². The second kappa shape index (κ2) is 5.28. The second-order valence-electron chi connectivity index (χ2n) is 6.19. The number of nitriles is 1. The van der Waals surface area contributed by atoms with E-state index in [1.807, 2.05) is 4.90 Å². The van der Waals surface area contributed by atoms with E-state index < -0.39 is 0 Å². The number of amides is 1. The molecule has 0 aromatic heterocycles. The minimum absolute atomic E-state index is 0.113. The number of hydrogen-bond donors (Lipinski definition) is 0. The van der Waals surface area contributed by atoms with Crippen molar-refractivity contribution in [1.29, 1.82) is 5.26 Å². The fourth-order valence-corrected chi connectivity index (χ4v) is 3.68. The Morgan fingerprint density at radius 1 is 1.05 bits per heavy atom. The van der Waals surface area contributed by atoms with Gasteiger partial charge in [0.25, 0.3) is 5.91 Å². The number of benzene rings is 1. The number of piperidine rings is 1. The molecule has 3 heteroatoms. The zero-order valence-electron chi connectivity index (χ0n) is 11.8. The molecule has 0 bridgehead atoms. The third kappa shape index (κ3) is 2.43. The third-order valence-corrected chi connectivity index (χ3v) is 5.04. The minimum Gasteiger partial charge on any atom is -0.339 e. The van der Waals surface area contributed by atoms with Crippen molar-refractivity contribution in [3.63, 3.8) is 0 Å². The number of hydrogen-bond acceptors (Lipinski definition) is 2. The second-order valence-corrected chi connectivity index (χ2v) is 6.19. The molecule has 0 unspecified atom stereocenters. The Hall–Kier alpha value is -1.82. The summed E-state index contributed by atoms with van der Waals surface area (Å²) in [6.45, 7) is 1.78. The highest BCUT2D eigenvalue weighted by atomic mass is 16.2. The van der Waals surface area contributed by atoms with Crippen LogP contribution in [0.2, 0.25) is 0 Å². The zero-order chi connectivity index (χ0) is 14.0. The number of rotatable bonds is 1. The van der Waals surface area contributed by atoms with Crippen molar-refractivity contribution < 1.29 is 4.79 Å². The first-order chi connectivity index (χ1) is 9.72. The largest absolute Gasteiger partial charge is 0.339 e. The molecule has 20 heavy (non-hydrogen) atoms. The average Bonchev–Trinajstić information content (AvgIpc) is 2.96. The summed E-state index contributed by atoms with van der Waals surface area (Å²) in [5.74, 6) is 0.113. The molecule has 3 nitrogen and oxygen atoms in total. The number of carbonyl (C=O) groups excluding carboxylic acids is 1. The molecule has 2 fully saturated rings. The molecule has 3 rings (SSSR count). The van der Waals surface area contributed by atoms with Gasteiger partial charge in [0.05, 0.1) is 11.6 Å². The lowest BCUT2D eigenvalue weighted by Crippen LogP contribution is -2.42. The molecular formula is C17H20N2O. The van der Waals surface area contributed by atoms with E-state index >= 15 is 0 Å². The summed E-state index contributed by atoms with van der Waals surface area (Å²) >= 11 is 0. The predicted octanol–water partition coefficient (Wildman–Crippen LogP) is 3.35. The highest BCUT2D eigenvalue weighted by Gasteiger charge is 2.37. The molecule has 0 atom stereocenters. The van der Waals surface area contributed by atoms with Gasteiger partial charge in [-0.1, -0.05) is 12.8 Å². The standard InChI is InChI=1S/C17H20N2O/c18-13-14-3-5-15(6-4-14)16(20)19-11-9-17(10-12-19)7-1-2-8-17/h3-6H,1-2,7-12H2. The fourth-order valence-electron chi connectivity index (χ4n) is 3.68. The van der Waals surface area contributed by atoms with Crippen LogP contribution >= 0.6 is 0 Å². The quantitative estimate of drug-likeness (QED) is 0.784. The van der Waals surface area contributed by atoms with Gasteiger partial charge in [0, 0.05) is 18.7 Å². The van der Waals surface area contributed by atoms with E-state index in [0.29, 0.717) is 16.5 Å². The van der Waals surface area contributed by atoms with Crippen LogP contribution in [-0.2, 0) is 0 Å². The van der Waals surface area contributed by atoms with Crippen LogP contribution in [0.5, 0.6) is 0 Å². The van der Waals surface area contributed by atoms with Crippen molar-refractivity contribution >= 4 is 5.91 Å². The zero-order valence-corrected chi connectivity index (χ0v) is 11.8. The fraction of sp³-hybridized carbons (Fsp3) is 0.529. The Bertz CT molecular complexity index is 525. The van der Waals surface area contributed by atoms with Gasteiger partial charge >= 0.3 is 0 Å². The summed E-state index contributed by atoms with van der Waals surface area (Å²) < 4.78 is 0. The van der Waals surface area contributed by atoms with Gasteiger partial charge < -0.3 is 4.90 Å². The molecule has 104 valence electrons. The van der Waals surface area contributed by atoms with E-state index in [0.717, 1.165) is 25.9 Å². The summed E-state index contributed by atoms with van der Waals surface area (Å²) in [4.78, 5) is 14.4. The molecule has 1 heterocycles. The first-order valence-corrected chi connectivity index (χ1v) is 7.52. The summed E-state index contributed by atoms with van der Waals surface area (Å²) in [5.41, 5.74) is 1.85. The number of carbonyl (C=O) groups is 1. The van der Waals surface area contributed by atoms with Crippen molar-refractivity contribution in [2.24, 2.45) is 5.41 Å². The molecule has 0 radical (unpaired) electrons. The van der Waals surface area contributed by atoms with E-state index in [4.69, 9.17) is 5.26 Å². The van der Waals surface area contributed by atoms with Gasteiger partial charge in [0.1, 0.15) is 0 Å². The lowest BCUT2D eigenvalue weighted by atomic mass is 9.77. The SMILES string of the molecule is N#Cc1ccc(C(=O)N2CCC3(CCCC3)CC2)cc1. The van der Waals surface area contributed by atoms with Crippen molar-refractivity contribution in [3.05, 3.63) is 35.4 Å². The van der Waals surface area contributed by atoms with Crippen molar-refractivity contribution in [2.75, 3.05) is 13.1 Å².